The maximum atomic E-state index is 12.2. The first-order valence-corrected chi connectivity index (χ1v) is 7.30. The highest BCUT2D eigenvalue weighted by Crippen LogP contribution is 2.25. The molecule has 2 heterocycles. The number of carbonyl (C=O) groups excluding carboxylic acids is 1. The molecule has 1 unspecified atom stereocenters. The molecule has 0 saturated carbocycles. The fourth-order valence-corrected chi connectivity index (χ4v) is 2.58. The van der Waals surface area contributed by atoms with E-state index in [-0.39, 0.29) is 28.9 Å². The molecule has 1 aromatic heterocycles. The SMILES string of the molecule is Br.CC(NC(=O)c1ccc(Cl)nc1)c1ccc2c(c1)CCN2. The summed E-state index contributed by atoms with van der Waals surface area (Å²) >= 11 is 5.72. The highest BCUT2D eigenvalue weighted by atomic mass is 79.9. The van der Waals surface area contributed by atoms with E-state index in [1.165, 1.54) is 17.4 Å². The van der Waals surface area contributed by atoms with Crippen molar-refractivity contribution in [3.05, 3.63) is 58.4 Å². The van der Waals surface area contributed by atoms with Crippen molar-refractivity contribution in [1.29, 1.82) is 0 Å². The molecule has 22 heavy (non-hydrogen) atoms. The lowest BCUT2D eigenvalue weighted by atomic mass is 10.0. The second-order valence-corrected chi connectivity index (χ2v) is 5.55. The van der Waals surface area contributed by atoms with E-state index in [1.54, 1.807) is 12.1 Å². The summed E-state index contributed by atoms with van der Waals surface area (Å²) in [6.07, 6.45) is 2.52. The lowest BCUT2D eigenvalue weighted by Gasteiger charge is -2.15. The van der Waals surface area contributed by atoms with E-state index in [2.05, 4.69) is 27.8 Å². The van der Waals surface area contributed by atoms with Crippen molar-refractivity contribution in [3.8, 4) is 0 Å². The smallest absolute Gasteiger partial charge is 0.253 e. The van der Waals surface area contributed by atoms with E-state index < -0.39 is 0 Å². The van der Waals surface area contributed by atoms with Gasteiger partial charge < -0.3 is 10.6 Å². The molecular weight excluding hydrogens is 366 g/mol. The summed E-state index contributed by atoms with van der Waals surface area (Å²) in [5, 5.41) is 6.69. The maximum absolute atomic E-state index is 12.2. The molecule has 1 atom stereocenters. The quantitative estimate of drug-likeness (QED) is 0.795. The number of anilines is 1. The first-order chi connectivity index (χ1) is 10.1. The minimum absolute atomic E-state index is 0. The van der Waals surface area contributed by atoms with Gasteiger partial charge in [-0.2, -0.15) is 0 Å². The molecule has 6 heteroatoms. The lowest BCUT2D eigenvalue weighted by Crippen LogP contribution is -2.26. The first-order valence-electron chi connectivity index (χ1n) is 6.92. The molecule has 0 spiro atoms. The van der Waals surface area contributed by atoms with Crippen LogP contribution in [0.4, 0.5) is 5.69 Å². The number of pyridine rings is 1. The Morgan fingerprint density at radius 1 is 1.36 bits per heavy atom. The summed E-state index contributed by atoms with van der Waals surface area (Å²) in [4.78, 5) is 16.1. The minimum Gasteiger partial charge on any atom is -0.384 e. The van der Waals surface area contributed by atoms with Crippen LogP contribution in [0.3, 0.4) is 0 Å². The summed E-state index contributed by atoms with van der Waals surface area (Å²) in [5.41, 5.74) is 4.11. The average Bonchev–Trinajstić information content (AvgIpc) is 2.95. The highest BCUT2D eigenvalue weighted by molar-refractivity contribution is 8.93. The molecule has 2 aromatic rings. The number of carbonyl (C=O) groups is 1. The van der Waals surface area contributed by atoms with Gasteiger partial charge in [-0.05, 0) is 42.7 Å². The number of fused-ring (bicyclic) bond motifs is 1. The van der Waals surface area contributed by atoms with Crippen LogP contribution in [0.25, 0.3) is 0 Å². The number of rotatable bonds is 3. The van der Waals surface area contributed by atoms with Crippen LogP contribution in [-0.2, 0) is 6.42 Å². The number of aromatic nitrogens is 1. The Morgan fingerprint density at radius 2 is 2.18 bits per heavy atom. The van der Waals surface area contributed by atoms with Gasteiger partial charge in [-0.15, -0.1) is 17.0 Å². The van der Waals surface area contributed by atoms with Crippen molar-refractivity contribution < 1.29 is 4.79 Å². The average molecular weight is 383 g/mol. The van der Waals surface area contributed by atoms with Crippen LogP contribution >= 0.6 is 28.6 Å². The zero-order valence-electron chi connectivity index (χ0n) is 12.1. The summed E-state index contributed by atoms with van der Waals surface area (Å²) in [5.74, 6) is -0.148. The number of nitrogens with zero attached hydrogens (tertiary/aromatic N) is 1. The summed E-state index contributed by atoms with van der Waals surface area (Å²) in [7, 11) is 0. The van der Waals surface area contributed by atoms with Crippen LogP contribution in [0.2, 0.25) is 5.15 Å². The Kier molecular flexibility index (Phi) is 5.42. The van der Waals surface area contributed by atoms with Crippen LogP contribution in [0.1, 0.15) is 34.5 Å². The van der Waals surface area contributed by atoms with Crippen LogP contribution in [-0.4, -0.2) is 17.4 Å². The van der Waals surface area contributed by atoms with E-state index in [4.69, 9.17) is 11.6 Å². The Balaban J connectivity index is 0.00000176. The van der Waals surface area contributed by atoms with Gasteiger partial charge in [-0.1, -0.05) is 23.7 Å². The molecule has 4 nitrogen and oxygen atoms in total. The van der Waals surface area contributed by atoms with Gasteiger partial charge in [0.05, 0.1) is 11.6 Å². The molecule has 0 fully saturated rings. The molecular formula is C16H17BrClN3O. The number of nitrogens with one attached hydrogen (secondary N) is 2. The van der Waals surface area contributed by atoms with Crippen LogP contribution in [0, 0.1) is 0 Å². The van der Waals surface area contributed by atoms with E-state index in [0.717, 1.165) is 18.5 Å². The van der Waals surface area contributed by atoms with Gasteiger partial charge in [0.25, 0.3) is 5.91 Å². The summed E-state index contributed by atoms with van der Waals surface area (Å²) in [6, 6.07) is 9.50. The van der Waals surface area contributed by atoms with E-state index in [1.807, 2.05) is 13.0 Å². The van der Waals surface area contributed by atoms with Gasteiger partial charge in [0.1, 0.15) is 5.15 Å². The molecule has 1 aromatic carbocycles. The van der Waals surface area contributed by atoms with Crippen LogP contribution in [0.15, 0.2) is 36.5 Å². The number of hydrogen-bond donors (Lipinski definition) is 2. The first kappa shape index (κ1) is 16.8. The lowest BCUT2D eigenvalue weighted by molar-refractivity contribution is 0.0939. The molecule has 0 bridgehead atoms. The van der Waals surface area contributed by atoms with Crippen molar-refractivity contribution in [1.82, 2.24) is 10.3 Å². The Hall–Kier alpha value is -1.59. The van der Waals surface area contributed by atoms with Crippen molar-refractivity contribution in [2.75, 3.05) is 11.9 Å². The second kappa shape index (κ2) is 7.11. The molecule has 1 amide bonds. The Bertz CT molecular complexity index is 676. The van der Waals surface area contributed by atoms with Gasteiger partial charge >= 0.3 is 0 Å². The van der Waals surface area contributed by atoms with Gasteiger partial charge in [0.15, 0.2) is 0 Å². The number of halogens is 2. The minimum atomic E-state index is -0.148. The Labute approximate surface area is 145 Å². The fourth-order valence-electron chi connectivity index (χ4n) is 2.47. The molecule has 116 valence electrons. The number of amides is 1. The fraction of sp³-hybridized carbons (Fsp3) is 0.250. The predicted molar refractivity (Wildman–Crippen MR) is 94.1 cm³/mol. The van der Waals surface area contributed by atoms with Gasteiger partial charge in [-0.25, -0.2) is 4.98 Å². The molecule has 3 rings (SSSR count). The number of benzene rings is 1. The normalized spacial score (nSPS) is 13.5. The zero-order valence-corrected chi connectivity index (χ0v) is 14.6. The molecule has 1 aliphatic rings. The van der Waals surface area contributed by atoms with Crippen molar-refractivity contribution in [2.24, 2.45) is 0 Å². The highest BCUT2D eigenvalue weighted by Gasteiger charge is 2.15. The van der Waals surface area contributed by atoms with Gasteiger partial charge in [0.2, 0.25) is 0 Å². The molecule has 2 N–H and O–H groups in total. The van der Waals surface area contributed by atoms with Crippen molar-refractivity contribution in [3.63, 3.8) is 0 Å². The molecule has 0 aliphatic carbocycles. The van der Waals surface area contributed by atoms with Gasteiger partial charge in [-0.3, -0.25) is 4.79 Å². The van der Waals surface area contributed by atoms with E-state index in [9.17, 15) is 4.79 Å². The summed E-state index contributed by atoms with van der Waals surface area (Å²) in [6.45, 7) is 2.96. The number of hydrogen-bond acceptors (Lipinski definition) is 3. The Morgan fingerprint density at radius 3 is 2.91 bits per heavy atom. The monoisotopic (exact) mass is 381 g/mol. The summed E-state index contributed by atoms with van der Waals surface area (Å²) < 4.78 is 0. The maximum Gasteiger partial charge on any atom is 0.253 e. The van der Waals surface area contributed by atoms with Gasteiger partial charge in [0, 0.05) is 18.4 Å². The predicted octanol–water partition coefficient (Wildman–Crippen LogP) is 3.77. The standard InChI is InChI=1S/C16H16ClN3O.BrH/c1-10(11-2-4-14-12(8-11)6-7-18-14)20-16(21)13-3-5-15(17)19-9-13;/h2-5,8-10,18H,6-7H2,1H3,(H,20,21);1H. The third-order valence-electron chi connectivity index (χ3n) is 3.68. The molecule has 0 radical (unpaired) electrons. The topological polar surface area (TPSA) is 54.0 Å². The van der Waals surface area contributed by atoms with Crippen molar-refractivity contribution >= 4 is 40.2 Å². The molecule has 1 aliphatic heterocycles. The third kappa shape index (κ3) is 3.59. The second-order valence-electron chi connectivity index (χ2n) is 5.16. The van der Waals surface area contributed by atoms with Crippen molar-refractivity contribution in [2.45, 2.75) is 19.4 Å². The van der Waals surface area contributed by atoms with Crippen LogP contribution in [0.5, 0.6) is 0 Å². The largest absolute Gasteiger partial charge is 0.384 e. The van der Waals surface area contributed by atoms with E-state index >= 15 is 0 Å². The third-order valence-corrected chi connectivity index (χ3v) is 3.90. The zero-order chi connectivity index (χ0) is 14.8. The van der Waals surface area contributed by atoms with E-state index in [0.29, 0.717) is 10.7 Å². The molecule has 0 saturated heterocycles. The van der Waals surface area contributed by atoms with Crippen LogP contribution < -0.4 is 10.6 Å².